The minimum absolute atomic E-state index is 0.0205. The fourth-order valence-corrected chi connectivity index (χ4v) is 6.75. The minimum Gasteiger partial charge on any atom is -0.425 e. The summed E-state index contributed by atoms with van der Waals surface area (Å²) in [4.78, 5) is 11.1. The van der Waals surface area contributed by atoms with Gasteiger partial charge in [0.25, 0.3) is 0 Å². The molecule has 0 saturated heterocycles. The molecule has 8 heteroatoms. The van der Waals surface area contributed by atoms with Crippen molar-refractivity contribution in [1.29, 1.82) is 0 Å². The van der Waals surface area contributed by atoms with Gasteiger partial charge in [0, 0.05) is 6.92 Å². The molecule has 0 aliphatic heterocycles. The van der Waals surface area contributed by atoms with Crippen molar-refractivity contribution in [2.75, 3.05) is 0 Å². The first-order valence-corrected chi connectivity index (χ1v) is 12.8. The van der Waals surface area contributed by atoms with Crippen LogP contribution in [0, 0.1) is 27.7 Å². The molecule has 32 heavy (non-hydrogen) atoms. The molecule has 0 heterocycles. The van der Waals surface area contributed by atoms with Crippen LogP contribution >= 0.6 is 0 Å². The molecule has 0 atom stereocenters. The van der Waals surface area contributed by atoms with E-state index >= 15 is 0 Å². The van der Waals surface area contributed by atoms with Crippen molar-refractivity contribution < 1.29 is 26.4 Å². The van der Waals surface area contributed by atoms with Gasteiger partial charge in [-0.25, -0.2) is 16.8 Å². The summed E-state index contributed by atoms with van der Waals surface area (Å²) in [5.74, 6) is -0.939. The Balaban J connectivity index is 2.30. The van der Waals surface area contributed by atoms with E-state index in [2.05, 4.69) is 0 Å². The lowest BCUT2D eigenvalue weighted by molar-refractivity contribution is -0.132. The molecule has 0 unspecified atom stereocenters. The number of benzene rings is 3. The highest BCUT2D eigenvalue weighted by molar-refractivity contribution is 7.92. The zero-order valence-electron chi connectivity index (χ0n) is 18.5. The Morgan fingerprint density at radius 3 is 1.66 bits per heavy atom. The molecule has 0 amide bonds. The van der Waals surface area contributed by atoms with Gasteiger partial charge in [-0.3, -0.25) is 4.79 Å². The van der Waals surface area contributed by atoms with Crippen molar-refractivity contribution in [2.24, 2.45) is 0 Å². The third-order valence-electron chi connectivity index (χ3n) is 5.04. The molecule has 0 fully saturated rings. The van der Waals surface area contributed by atoms with E-state index in [0.29, 0.717) is 11.1 Å². The predicted molar refractivity (Wildman–Crippen MR) is 120 cm³/mol. The normalized spacial score (nSPS) is 11.9. The van der Waals surface area contributed by atoms with Crippen LogP contribution in [0.5, 0.6) is 5.75 Å². The summed E-state index contributed by atoms with van der Waals surface area (Å²) in [5.41, 5.74) is 2.52. The number of carbonyl (C=O) groups excluding carboxylic acids is 1. The molecule has 0 bridgehead atoms. The van der Waals surface area contributed by atoms with Gasteiger partial charge < -0.3 is 4.74 Å². The lowest BCUT2D eigenvalue weighted by Gasteiger charge is -2.15. The molecule has 0 N–H and O–H groups in total. The molecular weight excluding hydrogens is 448 g/mol. The van der Waals surface area contributed by atoms with Gasteiger partial charge in [-0.15, -0.1) is 0 Å². The number of sulfone groups is 2. The van der Waals surface area contributed by atoms with Gasteiger partial charge in [-0.2, -0.15) is 0 Å². The Kier molecular flexibility index (Phi) is 6.31. The van der Waals surface area contributed by atoms with Crippen molar-refractivity contribution >= 4 is 25.6 Å². The maximum Gasteiger partial charge on any atom is 0.308 e. The van der Waals surface area contributed by atoms with Gasteiger partial charge in [0.15, 0.2) is 0 Å². The number of carbonyl (C=O) groups is 1. The molecule has 6 nitrogen and oxygen atoms in total. The molecule has 0 saturated carbocycles. The Labute approximate surface area is 188 Å². The van der Waals surface area contributed by atoms with E-state index in [0.717, 1.165) is 24.1 Å². The Morgan fingerprint density at radius 2 is 1.16 bits per heavy atom. The smallest absolute Gasteiger partial charge is 0.308 e. The topological polar surface area (TPSA) is 94.6 Å². The molecule has 3 rings (SSSR count). The summed E-state index contributed by atoms with van der Waals surface area (Å²) in [6, 6.07) is 13.5. The molecule has 0 aromatic heterocycles. The van der Waals surface area contributed by atoms with Crippen molar-refractivity contribution in [1.82, 2.24) is 0 Å². The quantitative estimate of drug-likeness (QED) is 0.401. The van der Waals surface area contributed by atoms with Gasteiger partial charge in [-0.1, -0.05) is 24.3 Å². The van der Waals surface area contributed by atoms with Gasteiger partial charge in [-0.05, 0) is 80.3 Å². The Bertz CT molecular complexity index is 1440. The summed E-state index contributed by atoms with van der Waals surface area (Å²) in [6.45, 7) is 8.00. The van der Waals surface area contributed by atoms with Crippen molar-refractivity contribution in [3.05, 3.63) is 76.9 Å². The summed E-state index contributed by atoms with van der Waals surface area (Å²) in [7, 11) is -8.22. The minimum atomic E-state index is -4.19. The monoisotopic (exact) mass is 472 g/mol. The van der Waals surface area contributed by atoms with Crippen LogP contribution in [0.2, 0.25) is 0 Å². The molecule has 168 valence electrons. The number of hydrogen-bond donors (Lipinski definition) is 0. The number of ether oxygens (including phenoxy) is 1. The summed E-state index contributed by atoms with van der Waals surface area (Å²) in [5, 5.41) is 0. The first-order valence-electron chi connectivity index (χ1n) is 9.81. The summed E-state index contributed by atoms with van der Waals surface area (Å²) in [6.07, 6.45) is 0. The predicted octanol–water partition coefficient (Wildman–Crippen LogP) is 4.51. The lowest BCUT2D eigenvalue weighted by Crippen LogP contribution is -2.12. The fraction of sp³-hybridized carbons (Fsp3) is 0.208. The third kappa shape index (κ3) is 4.47. The second-order valence-electron chi connectivity index (χ2n) is 7.75. The van der Waals surface area contributed by atoms with E-state index < -0.39 is 25.6 Å². The van der Waals surface area contributed by atoms with Crippen molar-refractivity contribution in [3.8, 4) is 5.75 Å². The first-order chi connectivity index (χ1) is 14.8. The number of aryl methyl sites for hydroxylation is 4. The third-order valence-corrected chi connectivity index (χ3v) is 8.85. The van der Waals surface area contributed by atoms with Crippen LogP contribution in [0.1, 0.15) is 29.2 Å². The second-order valence-corrected chi connectivity index (χ2v) is 11.6. The average Bonchev–Trinajstić information content (AvgIpc) is 2.71. The largest absolute Gasteiger partial charge is 0.425 e. The van der Waals surface area contributed by atoms with Crippen LogP contribution in [0.4, 0.5) is 0 Å². The van der Waals surface area contributed by atoms with Crippen LogP contribution in [0.3, 0.4) is 0 Å². The van der Waals surface area contributed by atoms with E-state index in [1.165, 1.54) is 18.2 Å². The highest BCUT2D eigenvalue weighted by Gasteiger charge is 2.29. The maximum absolute atomic E-state index is 13.6. The van der Waals surface area contributed by atoms with E-state index in [-0.39, 0.29) is 25.3 Å². The zero-order chi connectivity index (χ0) is 23.8. The van der Waals surface area contributed by atoms with Crippen molar-refractivity contribution in [3.63, 3.8) is 0 Å². The number of rotatable bonds is 5. The van der Waals surface area contributed by atoms with E-state index in [1.54, 1.807) is 58.0 Å². The maximum atomic E-state index is 13.6. The van der Waals surface area contributed by atoms with Crippen molar-refractivity contribution in [2.45, 2.75) is 54.2 Å². The lowest BCUT2D eigenvalue weighted by atomic mass is 10.2. The SMILES string of the molecule is CC(=O)Oc1ccc(S(=O)(=O)c2cc(C)ccc2C)cc1S(=O)(=O)c1cc(C)ccc1C. The summed E-state index contributed by atoms with van der Waals surface area (Å²) < 4.78 is 59.0. The van der Waals surface area contributed by atoms with E-state index in [4.69, 9.17) is 4.74 Å². The molecular formula is C24H24O6S2. The fourth-order valence-electron chi connectivity index (χ4n) is 3.34. The molecule has 0 aliphatic rings. The number of esters is 1. The second kappa shape index (κ2) is 8.52. The zero-order valence-corrected chi connectivity index (χ0v) is 20.1. The van der Waals surface area contributed by atoms with Gasteiger partial charge in [0.05, 0.1) is 14.7 Å². The van der Waals surface area contributed by atoms with E-state index in [1.807, 2.05) is 0 Å². The molecule has 0 spiro atoms. The average molecular weight is 473 g/mol. The van der Waals surface area contributed by atoms with Crippen LogP contribution in [-0.2, 0) is 24.5 Å². The molecule has 3 aromatic carbocycles. The van der Waals surface area contributed by atoms with Gasteiger partial charge in [0.2, 0.25) is 19.7 Å². The molecule has 0 radical (unpaired) electrons. The highest BCUT2D eigenvalue weighted by Crippen LogP contribution is 2.35. The molecule has 3 aromatic rings. The standard InChI is InChI=1S/C24H24O6S2/c1-15-6-8-17(3)22(12-15)31(26,27)20-10-11-21(30-19(5)25)24(14-20)32(28,29)23-13-16(2)7-9-18(23)4/h6-14H,1-5H3. The highest BCUT2D eigenvalue weighted by atomic mass is 32.2. The first kappa shape index (κ1) is 23.7. The van der Waals surface area contributed by atoms with Crippen LogP contribution in [0.15, 0.2) is 74.2 Å². The molecule has 0 aliphatic carbocycles. The van der Waals surface area contributed by atoms with E-state index in [9.17, 15) is 21.6 Å². The Hall–Kier alpha value is -2.97. The van der Waals surface area contributed by atoms with Gasteiger partial charge in [0.1, 0.15) is 10.6 Å². The van der Waals surface area contributed by atoms with Crippen LogP contribution < -0.4 is 4.74 Å². The van der Waals surface area contributed by atoms with Gasteiger partial charge >= 0.3 is 5.97 Å². The van der Waals surface area contributed by atoms with Crippen LogP contribution in [0.25, 0.3) is 0 Å². The summed E-state index contributed by atoms with van der Waals surface area (Å²) >= 11 is 0. The van der Waals surface area contributed by atoms with Crippen LogP contribution in [-0.4, -0.2) is 22.8 Å². The Morgan fingerprint density at radius 1 is 0.656 bits per heavy atom. The number of hydrogen-bond acceptors (Lipinski definition) is 6.